The van der Waals surface area contributed by atoms with Crippen molar-refractivity contribution in [3.05, 3.63) is 22.9 Å². The van der Waals surface area contributed by atoms with E-state index in [1.165, 1.54) is 6.92 Å². The van der Waals surface area contributed by atoms with Gasteiger partial charge in [0, 0.05) is 6.92 Å². The molecule has 0 amide bonds. The molecule has 1 nitrogen and oxygen atoms in total. The summed E-state index contributed by atoms with van der Waals surface area (Å²) in [5, 5.41) is 3.72. The highest BCUT2D eigenvalue weighted by molar-refractivity contribution is 7.07. The van der Waals surface area contributed by atoms with Crippen LogP contribution < -0.4 is 0 Å². The fourth-order valence-corrected chi connectivity index (χ4v) is 0.680. The fraction of sp³-hybridized carbons (Fsp3) is 0.167. The molecule has 1 rings (SSSR count). The van der Waals surface area contributed by atoms with Crippen molar-refractivity contribution in [2.24, 2.45) is 0 Å². The largest absolute Gasteiger partial charge is 0.282 e. The lowest BCUT2D eigenvalue weighted by Crippen LogP contribution is -1.62. The smallest absolute Gasteiger partial charge is 0.218 e. The Morgan fingerprint density at radius 1 is 1.44 bits per heavy atom. The first-order chi connectivity index (χ1) is 4.23. The van der Waals surface area contributed by atoms with E-state index in [1.54, 1.807) is 11.3 Å². The Kier molecular flexibility index (Phi) is 5.57. The van der Waals surface area contributed by atoms with Crippen LogP contribution in [0, 0.1) is 0 Å². The third-order valence-electron chi connectivity index (χ3n) is 0.425. The Hall–Kier alpha value is -0.340. The average molecular weight is 163 g/mol. The second kappa shape index (κ2) is 5.79. The normalized spacial score (nSPS) is 7.33. The highest BCUT2D eigenvalue weighted by Crippen LogP contribution is 1.91. The van der Waals surface area contributed by atoms with Crippen LogP contribution in [0.1, 0.15) is 6.92 Å². The van der Waals surface area contributed by atoms with Crippen LogP contribution in [-0.4, -0.2) is 5.24 Å². The van der Waals surface area contributed by atoms with Gasteiger partial charge in [0.15, 0.2) is 0 Å². The van der Waals surface area contributed by atoms with Crippen molar-refractivity contribution in [3.63, 3.8) is 0 Å². The number of carbonyl (C=O) groups is 1. The Labute approximate surface area is 63.3 Å². The molecule has 9 heavy (non-hydrogen) atoms. The van der Waals surface area contributed by atoms with Crippen LogP contribution in [0.3, 0.4) is 0 Å². The molecule has 50 valence electrons. The molecule has 0 atom stereocenters. The van der Waals surface area contributed by atoms with Gasteiger partial charge >= 0.3 is 0 Å². The molecule has 0 saturated carbocycles. The maximum Gasteiger partial charge on any atom is 0.218 e. The molecule has 3 heteroatoms. The van der Waals surface area contributed by atoms with Gasteiger partial charge in [0.05, 0.1) is 0 Å². The van der Waals surface area contributed by atoms with Crippen LogP contribution in [0.25, 0.3) is 0 Å². The van der Waals surface area contributed by atoms with Gasteiger partial charge < -0.3 is 0 Å². The summed E-state index contributed by atoms with van der Waals surface area (Å²) in [6.07, 6.45) is 0. The van der Waals surface area contributed by atoms with E-state index in [1.807, 2.05) is 22.9 Å². The zero-order chi connectivity index (χ0) is 7.11. The van der Waals surface area contributed by atoms with E-state index in [4.69, 9.17) is 0 Å². The van der Waals surface area contributed by atoms with Gasteiger partial charge in [-0.1, -0.05) is 12.1 Å². The summed E-state index contributed by atoms with van der Waals surface area (Å²) in [5.74, 6) is 0. The van der Waals surface area contributed by atoms with E-state index in [-0.39, 0.29) is 5.24 Å². The van der Waals surface area contributed by atoms with Gasteiger partial charge in [-0.25, -0.2) is 0 Å². The van der Waals surface area contributed by atoms with Crippen molar-refractivity contribution in [1.82, 2.24) is 0 Å². The number of hydrogen-bond donors (Lipinski definition) is 0. The molecule has 0 radical (unpaired) electrons. The predicted octanol–water partition coefficient (Wildman–Crippen LogP) is 2.52. The van der Waals surface area contributed by atoms with Gasteiger partial charge in [0.2, 0.25) is 5.24 Å². The Bertz CT molecular complexity index is 127. The molecule has 1 heterocycles. The first-order valence-corrected chi connectivity index (χ1v) is 3.69. The van der Waals surface area contributed by atoms with Crippen molar-refractivity contribution < 1.29 is 4.79 Å². The van der Waals surface area contributed by atoms with Crippen LogP contribution in [-0.2, 0) is 4.79 Å². The third-order valence-corrected chi connectivity index (χ3v) is 1.05. The van der Waals surface area contributed by atoms with Gasteiger partial charge in [0.1, 0.15) is 0 Å². The summed E-state index contributed by atoms with van der Waals surface area (Å²) < 4.78 is 0. The first-order valence-electron chi connectivity index (χ1n) is 2.36. The van der Waals surface area contributed by atoms with E-state index in [0.717, 1.165) is 0 Å². The molecular weight excluding hydrogens is 156 g/mol. The van der Waals surface area contributed by atoms with Crippen LogP contribution >= 0.6 is 22.9 Å². The number of halogens is 1. The summed E-state index contributed by atoms with van der Waals surface area (Å²) in [5.41, 5.74) is 0. The quantitative estimate of drug-likeness (QED) is 0.536. The molecule has 0 spiro atoms. The summed E-state index contributed by atoms with van der Waals surface area (Å²) in [6.45, 7) is 1.29. The second-order valence-corrected chi connectivity index (χ2v) is 2.61. The van der Waals surface area contributed by atoms with Gasteiger partial charge in [-0.15, -0.1) is 0 Å². The Morgan fingerprint density at radius 2 is 1.78 bits per heavy atom. The summed E-state index contributed by atoms with van der Waals surface area (Å²) in [4.78, 5) is 9.21. The van der Waals surface area contributed by atoms with E-state index in [0.29, 0.717) is 0 Å². The lowest BCUT2D eigenvalue weighted by atomic mass is 10.7. The summed E-state index contributed by atoms with van der Waals surface area (Å²) in [7, 11) is 0. The van der Waals surface area contributed by atoms with E-state index in [2.05, 4.69) is 11.6 Å². The Balaban J connectivity index is 0.000000148. The highest BCUT2D eigenvalue weighted by atomic mass is 35.5. The first kappa shape index (κ1) is 8.66. The lowest BCUT2D eigenvalue weighted by molar-refractivity contribution is -0.109. The molecule has 0 fully saturated rings. The summed E-state index contributed by atoms with van der Waals surface area (Å²) in [6, 6.07) is 4.04. The second-order valence-electron chi connectivity index (χ2n) is 1.26. The highest BCUT2D eigenvalue weighted by Gasteiger charge is 1.67. The monoisotopic (exact) mass is 162 g/mol. The van der Waals surface area contributed by atoms with Crippen LogP contribution in [0.15, 0.2) is 22.9 Å². The molecule has 1 aromatic heterocycles. The summed E-state index contributed by atoms with van der Waals surface area (Å²) >= 11 is 6.35. The molecule has 0 aliphatic rings. The van der Waals surface area contributed by atoms with Crippen molar-refractivity contribution >= 4 is 28.2 Å². The maximum atomic E-state index is 9.21. The van der Waals surface area contributed by atoms with Gasteiger partial charge in [-0.2, -0.15) is 11.3 Å². The van der Waals surface area contributed by atoms with Gasteiger partial charge in [-0.05, 0) is 22.4 Å². The zero-order valence-electron chi connectivity index (χ0n) is 5.00. The number of carbonyl (C=O) groups excluding carboxylic acids is 1. The average Bonchev–Trinajstić information content (AvgIpc) is 2.11. The minimum atomic E-state index is -0.361. The lowest BCUT2D eigenvalue weighted by Gasteiger charge is -1.52. The molecule has 1 aromatic rings. The van der Waals surface area contributed by atoms with Crippen molar-refractivity contribution in [1.29, 1.82) is 0 Å². The molecule has 0 aliphatic carbocycles. The minimum Gasteiger partial charge on any atom is -0.282 e. The molecule has 0 bridgehead atoms. The molecule has 0 unspecified atom stereocenters. The van der Waals surface area contributed by atoms with Crippen molar-refractivity contribution in [2.45, 2.75) is 6.92 Å². The topological polar surface area (TPSA) is 17.1 Å². The zero-order valence-corrected chi connectivity index (χ0v) is 6.58. The third kappa shape index (κ3) is 11.3. The van der Waals surface area contributed by atoms with Crippen LogP contribution in [0.5, 0.6) is 0 Å². The van der Waals surface area contributed by atoms with Crippen molar-refractivity contribution in [2.75, 3.05) is 0 Å². The van der Waals surface area contributed by atoms with Crippen LogP contribution in [0.4, 0.5) is 0 Å². The fourth-order valence-electron chi connectivity index (χ4n) is 0.227. The predicted molar refractivity (Wildman–Crippen MR) is 40.9 cm³/mol. The molecule has 0 aromatic carbocycles. The van der Waals surface area contributed by atoms with Crippen LogP contribution in [0.2, 0.25) is 0 Å². The standard InChI is InChI=1S/C4H4S.C2H3ClO/c1-2-4-5-3-1;1-2(3)4/h1-4H;1H3. The number of hydrogen-bond acceptors (Lipinski definition) is 2. The van der Waals surface area contributed by atoms with Gasteiger partial charge in [-0.3, -0.25) is 4.79 Å². The van der Waals surface area contributed by atoms with E-state index >= 15 is 0 Å². The molecule has 0 saturated heterocycles. The van der Waals surface area contributed by atoms with E-state index in [9.17, 15) is 4.79 Å². The number of thiophene rings is 1. The molecule has 0 aliphatic heterocycles. The van der Waals surface area contributed by atoms with Crippen molar-refractivity contribution in [3.8, 4) is 0 Å². The SMILES string of the molecule is CC(=O)Cl.c1ccsc1. The Morgan fingerprint density at radius 3 is 1.89 bits per heavy atom. The number of rotatable bonds is 0. The maximum absolute atomic E-state index is 9.21. The van der Waals surface area contributed by atoms with E-state index < -0.39 is 0 Å². The molecule has 0 N–H and O–H groups in total. The minimum absolute atomic E-state index is 0.361. The molecular formula is C6H7ClOS. The van der Waals surface area contributed by atoms with Gasteiger partial charge in [0.25, 0.3) is 0 Å².